The third-order valence-corrected chi connectivity index (χ3v) is 3.04. The Balaban J connectivity index is 2.39. The molecule has 0 aliphatic carbocycles. The average molecular weight is 205 g/mol. The Hall–Kier alpha value is -1.22. The van der Waals surface area contributed by atoms with E-state index in [0.717, 1.165) is 15.4 Å². The van der Waals surface area contributed by atoms with Crippen molar-refractivity contribution in [2.24, 2.45) is 0 Å². The highest BCUT2D eigenvalue weighted by atomic mass is 32.2. The van der Waals surface area contributed by atoms with Crippen LogP contribution in [-0.4, -0.2) is 24.8 Å². The van der Waals surface area contributed by atoms with Crippen LogP contribution in [0.1, 0.15) is 10.4 Å². The first kappa shape index (κ1) is 9.34. The molecule has 0 bridgehead atoms. The number of rotatable bonds is 1. The predicted molar refractivity (Wildman–Crippen MR) is 58.4 cm³/mol. The largest absolute Gasteiger partial charge is 0.382 e. The molecule has 1 aliphatic rings. The zero-order valence-corrected chi connectivity index (χ0v) is 8.97. The Bertz CT molecular complexity index is 410. The lowest BCUT2D eigenvalue weighted by Gasteiger charge is -2.04. The number of hydrogen-bond donors (Lipinski definition) is 0. The summed E-state index contributed by atoms with van der Waals surface area (Å²) in [6.07, 6.45) is 1.87. The second kappa shape index (κ2) is 3.50. The van der Waals surface area contributed by atoms with E-state index in [1.807, 2.05) is 49.5 Å². The lowest BCUT2D eigenvalue weighted by Crippen LogP contribution is -2.04. The molecule has 2 rings (SSSR count). The number of carbonyl (C=O) groups is 1. The Kier molecular flexibility index (Phi) is 2.33. The third kappa shape index (κ3) is 1.55. The van der Waals surface area contributed by atoms with Crippen LogP contribution < -0.4 is 0 Å². The summed E-state index contributed by atoms with van der Waals surface area (Å²) in [7, 11) is 3.84. The van der Waals surface area contributed by atoms with Gasteiger partial charge in [0.15, 0.2) is 0 Å². The van der Waals surface area contributed by atoms with Gasteiger partial charge in [-0.3, -0.25) is 4.79 Å². The van der Waals surface area contributed by atoms with Crippen molar-refractivity contribution in [2.45, 2.75) is 4.90 Å². The highest BCUT2D eigenvalue weighted by molar-refractivity contribution is 8.04. The standard InChI is InChI=1S/C11H11NOS/c1-12(2)7-10-11(13)8-5-3-4-6-9(8)14-10/h3-7H,1-2H3. The maximum absolute atomic E-state index is 11.8. The minimum absolute atomic E-state index is 0.138. The number of hydrogen-bond acceptors (Lipinski definition) is 3. The second-order valence-electron chi connectivity index (χ2n) is 3.38. The number of thioether (sulfide) groups is 1. The van der Waals surface area contributed by atoms with E-state index in [2.05, 4.69) is 0 Å². The van der Waals surface area contributed by atoms with E-state index in [-0.39, 0.29) is 5.78 Å². The van der Waals surface area contributed by atoms with Gasteiger partial charge in [-0.25, -0.2) is 0 Å². The summed E-state index contributed by atoms with van der Waals surface area (Å²) in [4.78, 5) is 15.6. The van der Waals surface area contributed by atoms with Crippen molar-refractivity contribution in [3.05, 3.63) is 40.9 Å². The van der Waals surface area contributed by atoms with Crippen LogP contribution in [0.3, 0.4) is 0 Å². The van der Waals surface area contributed by atoms with Crippen LogP contribution in [0.5, 0.6) is 0 Å². The molecule has 0 aromatic heterocycles. The molecule has 0 saturated carbocycles. The van der Waals surface area contributed by atoms with E-state index in [1.165, 1.54) is 0 Å². The molecule has 0 radical (unpaired) electrons. The van der Waals surface area contributed by atoms with Crippen LogP contribution in [0.25, 0.3) is 0 Å². The van der Waals surface area contributed by atoms with Gasteiger partial charge in [-0.05, 0) is 12.1 Å². The van der Waals surface area contributed by atoms with E-state index >= 15 is 0 Å². The molecule has 2 nitrogen and oxygen atoms in total. The molecule has 1 aromatic carbocycles. The molecule has 1 heterocycles. The van der Waals surface area contributed by atoms with Gasteiger partial charge < -0.3 is 4.90 Å². The molecule has 0 atom stereocenters. The highest BCUT2D eigenvalue weighted by Crippen LogP contribution is 2.39. The lowest BCUT2D eigenvalue weighted by molar-refractivity contribution is 0.104. The Labute approximate surface area is 87.6 Å². The fourth-order valence-electron chi connectivity index (χ4n) is 1.36. The SMILES string of the molecule is CN(C)C=C1Sc2ccccc2C1=O. The van der Waals surface area contributed by atoms with Crippen molar-refractivity contribution in [1.82, 2.24) is 4.90 Å². The van der Waals surface area contributed by atoms with Crippen LogP contribution in [0.15, 0.2) is 40.3 Å². The number of Topliss-reactive ketones (excluding diaryl/α,β-unsaturated/α-hetero) is 1. The van der Waals surface area contributed by atoms with Gasteiger partial charge in [0.1, 0.15) is 0 Å². The molecule has 0 spiro atoms. The van der Waals surface area contributed by atoms with E-state index in [9.17, 15) is 4.79 Å². The van der Waals surface area contributed by atoms with Crippen LogP contribution in [0.4, 0.5) is 0 Å². The molecular weight excluding hydrogens is 194 g/mol. The predicted octanol–water partition coefficient (Wildman–Crippen LogP) is 2.38. The van der Waals surface area contributed by atoms with Gasteiger partial charge in [0, 0.05) is 30.8 Å². The zero-order valence-electron chi connectivity index (χ0n) is 8.15. The molecule has 1 aromatic rings. The number of fused-ring (bicyclic) bond motifs is 1. The molecule has 0 amide bonds. The van der Waals surface area contributed by atoms with Gasteiger partial charge in [0.25, 0.3) is 0 Å². The third-order valence-electron chi connectivity index (χ3n) is 1.95. The fraction of sp³-hybridized carbons (Fsp3) is 0.182. The van der Waals surface area contributed by atoms with Crippen molar-refractivity contribution >= 4 is 17.5 Å². The summed E-state index contributed by atoms with van der Waals surface area (Å²) in [5, 5.41) is 0. The average Bonchev–Trinajstić information content (AvgIpc) is 2.44. The summed E-state index contributed by atoms with van der Waals surface area (Å²) in [5.74, 6) is 0.138. The van der Waals surface area contributed by atoms with Crippen LogP contribution in [0, 0.1) is 0 Å². The van der Waals surface area contributed by atoms with Gasteiger partial charge in [-0.15, -0.1) is 0 Å². The first-order valence-electron chi connectivity index (χ1n) is 4.38. The smallest absolute Gasteiger partial charge is 0.202 e. The van der Waals surface area contributed by atoms with Crippen molar-refractivity contribution < 1.29 is 4.79 Å². The van der Waals surface area contributed by atoms with Gasteiger partial charge in [-0.1, -0.05) is 23.9 Å². The molecule has 72 valence electrons. The highest BCUT2D eigenvalue weighted by Gasteiger charge is 2.25. The lowest BCUT2D eigenvalue weighted by atomic mass is 10.1. The van der Waals surface area contributed by atoms with Gasteiger partial charge in [-0.2, -0.15) is 0 Å². The summed E-state index contributed by atoms with van der Waals surface area (Å²) in [6.45, 7) is 0. The van der Waals surface area contributed by atoms with E-state index in [4.69, 9.17) is 0 Å². The monoisotopic (exact) mass is 205 g/mol. The van der Waals surface area contributed by atoms with E-state index < -0.39 is 0 Å². The van der Waals surface area contributed by atoms with E-state index in [0.29, 0.717) is 0 Å². The topological polar surface area (TPSA) is 20.3 Å². The Morgan fingerprint density at radius 3 is 2.64 bits per heavy atom. The molecule has 0 unspecified atom stereocenters. The van der Waals surface area contributed by atoms with Crippen LogP contribution in [0.2, 0.25) is 0 Å². The van der Waals surface area contributed by atoms with Gasteiger partial charge in [0.05, 0.1) is 4.91 Å². The summed E-state index contributed by atoms with van der Waals surface area (Å²) < 4.78 is 0. The molecule has 0 saturated heterocycles. The van der Waals surface area contributed by atoms with Crippen molar-refractivity contribution in [3.63, 3.8) is 0 Å². The number of allylic oxidation sites excluding steroid dienone is 1. The normalized spacial score (nSPS) is 17.3. The van der Waals surface area contributed by atoms with Gasteiger partial charge >= 0.3 is 0 Å². The summed E-state index contributed by atoms with van der Waals surface area (Å²) in [5.41, 5.74) is 0.825. The number of ketones is 1. The Morgan fingerprint density at radius 1 is 1.29 bits per heavy atom. The second-order valence-corrected chi connectivity index (χ2v) is 4.47. The zero-order chi connectivity index (χ0) is 10.1. The molecule has 14 heavy (non-hydrogen) atoms. The quantitative estimate of drug-likeness (QED) is 0.656. The molecule has 3 heteroatoms. The maximum Gasteiger partial charge on any atom is 0.202 e. The van der Waals surface area contributed by atoms with Crippen LogP contribution >= 0.6 is 11.8 Å². The fourth-order valence-corrected chi connectivity index (χ4v) is 2.48. The number of benzene rings is 1. The van der Waals surface area contributed by atoms with Gasteiger partial charge in [0.2, 0.25) is 5.78 Å². The summed E-state index contributed by atoms with van der Waals surface area (Å²) >= 11 is 1.54. The first-order valence-corrected chi connectivity index (χ1v) is 5.20. The Morgan fingerprint density at radius 2 is 2.00 bits per heavy atom. The first-order chi connectivity index (χ1) is 6.68. The molecule has 1 aliphatic heterocycles. The molecule has 0 fully saturated rings. The maximum atomic E-state index is 11.8. The van der Waals surface area contributed by atoms with Crippen molar-refractivity contribution in [3.8, 4) is 0 Å². The number of nitrogens with zero attached hydrogens (tertiary/aromatic N) is 1. The molecular formula is C11H11NOS. The van der Waals surface area contributed by atoms with Crippen molar-refractivity contribution in [2.75, 3.05) is 14.1 Å². The minimum Gasteiger partial charge on any atom is -0.382 e. The molecule has 0 N–H and O–H groups in total. The summed E-state index contributed by atoms with van der Waals surface area (Å²) in [6, 6.07) is 7.71. The van der Waals surface area contributed by atoms with E-state index in [1.54, 1.807) is 11.8 Å². The minimum atomic E-state index is 0.138. The number of carbonyl (C=O) groups excluding carboxylic acids is 1. The van der Waals surface area contributed by atoms with Crippen LogP contribution in [-0.2, 0) is 0 Å². The van der Waals surface area contributed by atoms with Crippen molar-refractivity contribution in [1.29, 1.82) is 0 Å².